The standard InChI is InChI=1S/C9H15N2O15P3.C6H15N/c12-5-4(2-23-28(19,20)26-29(21,22)25-27(16,17)18)24-7(6(5)13)3-1-10-9(15)11-8(3)14;1-4-7(5-2)6-3/h1,4-7,12-13H,2H2,(H,19,20)(H,21,22)(H2,16,17,18)(H2,10,11,14,15);4-6H2,1-3H3/t4-,5-,6-,7+;/m1./s1. The molecule has 8 N–H and O–H groups in total. The fourth-order valence-electron chi connectivity index (χ4n) is 2.92. The molecule has 0 amide bonds. The first-order chi connectivity index (χ1) is 16.4. The Bertz CT molecular complexity index is 1090. The van der Waals surface area contributed by atoms with Gasteiger partial charge in [0.1, 0.15) is 24.4 Å². The normalized spacial score (nSPS) is 25.6. The lowest BCUT2D eigenvalue weighted by molar-refractivity contribution is -0.0227. The third kappa shape index (κ3) is 10.7. The van der Waals surface area contributed by atoms with E-state index in [-0.39, 0.29) is 5.56 Å². The van der Waals surface area contributed by atoms with Crippen LogP contribution in [-0.2, 0) is 31.6 Å². The summed E-state index contributed by atoms with van der Waals surface area (Å²) < 4.78 is 49.9. The molecule has 2 rings (SSSR count). The molecule has 0 spiro atoms. The van der Waals surface area contributed by atoms with Crippen molar-refractivity contribution in [2.24, 2.45) is 0 Å². The van der Waals surface area contributed by atoms with Crippen molar-refractivity contribution in [3.05, 3.63) is 32.6 Å². The van der Waals surface area contributed by atoms with Gasteiger partial charge in [-0.3, -0.25) is 14.3 Å². The molecule has 6 atom stereocenters. The zero-order chi connectivity index (χ0) is 27.9. The summed E-state index contributed by atoms with van der Waals surface area (Å²) in [5, 5.41) is 19.9. The molecular weight excluding hydrogens is 555 g/mol. The maximum Gasteiger partial charge on any atom is 0.490 e. The van der Waals surface area contributed by atoms with E-state index in [0.29, 0.717) is 0 Å². The van der Waals surface area contributed by atoms with Crippen molar-refractivity contribution in [1.29, 1.82) is 0 Å². The van der Waals surface area contributed by atoms with Crippen molar-refractivity contribution in [1.82, 2.24) is 14.9 Å². The van der Waals surface area contributed by atoms with Crippen molar-refractivity contribution in [3.63, 3.8) is 0 Å². The minimum absolute atomic E-state index is 0.294. The third-order valence-corrected chi connectivity index (χ3v) is 8.48. The van der Waals surface area contributed by atoms with E-state index in [1.54, 1.807) is 0 Å². The topological polar surface area (TPSA) is 278 Å². The van der Waals surface area contributed by atoms with E-state index in [4.69, 9.17) is 19.4 Å². The minimum atomic E-state index is -5.73. The number of nitrogens with zero attached hydrogens (tertiary/aromatic N) is 1. The number of phosphoric acid groups is 3. The van der Waals surface area contributed by atoms with Crippen LogP contribution in [0.3, 0.4) is 0 Å². The van der Waals surface area contributed by atoms with Crippen LogP contribution in [0.25, 0.3) is 0 Å². The Hall–Kier alpha value is -1.07. The van der Waals surface area contributed by atoms with Gasteiger partial charge in [0, 0.05) is 6.20 Å². The molecular formula is C15H30N3O15P3. The molecule has 36 heavy (non-hydrogen) atoms. The zero-order valence-corrected chi connectivity index (χ0v) is 22.0. The highest BCUT2D eigenvalue weighted by Crippen LogP contribution is 2.66. The van der Waals surface area contributed by atoms with Crippen molar-refractivity contribution in [3.8, 4) is 0 Å². The predicted molar refractivity (Wildman–Crippen MR) is 121 cm³/mol. The Morgan fingerprint density at radius 3 is 1.94 bits per heavy atom. The molecule has 2 heterocycles. The van der Waals surface area contributed by atoms with Gasteiger partial charge in [0.2, 0.25) is 0 Å². The van der Waals surface area contributed by atoms with Crippen LogP contribution in [0.5, 0.6) is 0 Å². The molecule has 1 fully saturated rings. The van der Waals surface area contributed by atoms with Crippen molar-refractivity contribution < 1.29 is 61.4 Å². The van der Waals surface area contributed by atoms with Gasteiger partial charge in [-0.05, 0) is 19.6 Å². The second-order valence-electron chi connectivity index (χ2n) is 7.11. The van der Waals surface area contributed by atoms with Crippen LogP contribution < -0.4 is 11.2 Å². The lowest BCUT2D eigenvalue weighted by Gasteiger charge is -2.19. The number of aromatic amines is 2. The molecule has 0 aliphatic carbocycles. The fraction of sp³-hybridized carbons (Fsp3) is 0.733. The molecule has 0 radical (unpaired) electrons. The van der Waals surface area contributed by atoms with Gasteiger partial charge >= 0.3 is 29.2 Å². The number of aromatic nitrogens is 2. The first kappa shape index (κ1) is 33.0. The second kappa shape index (κ2) is 13.6. The van der Waals surface area contributed by atoms with E-state index in [2.05, 4.69) is 43.8 Å². The quantitative estimate of drug-likeness (QED) is 0.143. The third-order valence-electron chi connectivity index (χ3n) is 4.68. The molecule has 1 aliphatic rings. The van der Waals surface area contributed by atoms with Gasteiger partial charge in [0.05, 0.1) is 12.2 Å². The highest BCUT2D eigenvalue weighted by Gasteiger charge is 2.47. The Morgan fingerprint density at radius 2 is 1.50 bits per heavy atom. The predicted octanol–water partition coefficient (Wildman–Crippen LogP) is -1.08. The summed E-state index contributed by atoms with van der Waals surface area (Å²) in [4.78, 5) is 64.4. The molecule has 210 valence electrons. The average molecular weight is 585 g/mol. The second-order valence-corrected chi connectivity index (χ2v) is 11.5. The van der Waals surface area contributed by atoms with Crippen molar-refractivity contribution in [2.45, 2.75) is 45.2 Å². The number of hydrogen-bond acceptors (Lipinski definition) is 12. The van der Waals surface area contributed by atoms with Crippen LogP contribution in [0.4, 0.5) is 0 Å². The fourth-order valence-corrected chi connectivity index (χ4v) is 5.95. The zero-order valence-electron chi connectivity index (χ0n) is 19.4. The van der Waals surface area contributed by atoms with Gasteiger partial charge in [-0.2, -0.15) is 8.62 Å². The van der Waals surface area contributed by atoms with Crippen LogP contribution in [0, 0.1) is 0 Å². The van der Waals surface area contributed by atoms with Gasteiger partial charge in [0.15, 0.2) is 0 Å². The Balaban J connectivity index is 0.000000809. The number of aliphatic hydroxyl groups excluding tert-OH is 2. The Morgan fingerprint density at radius 1 is 0.944 bits per heavy atom. The van der Waals surface area contributed by atoms with Crippen LogP contribution in [-0.4, -0.2) is 89.2 Å². The lowest BCUT2D eigenvalue weighted by Crippen LogP contribution is -2.34. The van der Waals surface area contributed by atoms with Gasteiger partial charge < -0.3 is 44.4 Å². The molecule has 1 saturated heterocycles. The maximum absolute atomic E-state index is 11.8. The number of ether oxygens (including phenoxy) is 1. The van der Waals surface area contributed by atoms with Gasteiger partial charge in [0.25, 0.3) is 5.56 Å². The maximum atomic E-state index is 11.8. The Kier molecular flexibility index (Phi) is 12.5. The van der Waals surface area contributed by atoms with E-state index in [0.717, 1.165) is 6.20 Å². The summed E-state index contributed by atoms with van der Waals surface area (Å²) in [5.41, 5.74) is -2.09. The largest absolute Gasteiger partial charge is 0.490 e. The van der Waals surface area contributed by atoms with Crippen molar-refractivity contribution >= 4 is 23.5 Å². The number of H-pyrrole nitrogens is 2. The molecule has 21 heteroatoms. The van der Waals surface area contributed by atoms with E-state index >= 15 is 0 Å². The summed E-state index contributed by atoms with van der Waals surface area (Å²) in [6, 6.07) is 0. The van der Waals surface area contributed by atoms with Gasteiger partial charge in [-0.1, -0.05) is 20.8 Å². The average Bonchev–Trinajstić information content (AvgIpc) is 3.00. The summed E-state index contributed by atoms with van der Waals surface area (Å²) in [6.07, 6.45) is -5.66. The van der Waals surface area contributed by atoms with Crippen molar-refractivity contribution in [2.75, 3.05) is 26.2 Å². The van der Waals surface area contributed by atoms with E-state index in [1.165, 1.54) is 19.6 Å². The van der Waals surface area contributed by atoms with Gasteiger partial charge in [-0.25, -0.2) is 18.5 Å². The van der Waals surface area contributed by atoms with Crippen LogP contribution in [0.15, 0.2) is 15.8 Å². The highest BCUT2D eigenvalue weighted by molar-refractivity contribution is 7.66. The summed E-state index contributed by atoms with van der Waals surface area (Å²) in [7, 11) is -16.8. The number of rotatable bonds is 11. The molecule has 1 aliphatic heterocycles. The number of aliphatic hydroxyl groups is 2. The smallest absolute Gasteiger partial charge is 0.387 e. The summed E-state index contributed by atoms with van der Waals surface area (Å²) in [5.74, 6) is 0. The van der Waals surface area contributed by atoms with Gasteiger partial charge in [-0.15, -0.1) is 0 Å². The molecule has 0 bridgehead atoms. The van der Waals surface area contributed by atoms with E-state index < -0.39 is 65.7 Å². The first-order valence-electron chi connectivity index (χ1n) is 10.3. The van der Waals surface area contributed by atoms with Crippen LogP contribution in [0.2, 0.25) is 0 Å². The summed E-state index contributed by atoms with van der Waals surface area (Å²) >= 11 is 0. The van der Waals surface area contributed by atoms with Crippen LogP contribution in [0.1, 0.15) is 32.4 Å². The van der Waals surface area contributed by atoms with Crippen LogP contribution >= 0.6 is 23.5 Å². The molecule has 18 nitrogen and oxygen atoms in total. The molecule has 2 unspecified atom stereocenters. The minimum Gasteiger partial charge on any atom is -0.387 e. The number of phosphoric ester groups is 1. The molecule has 1 aromatic heterocycles. The highest BCUT2D eigenvalue weighted by atomic mass is 31.3. The lowest BCUT2D eigenvalue weighted by atomic mass is 10.0. The molecule has 0 aromatic carbocycles. The Labute approximate surface area is 204 Å². The van der Waals surface area contributed by atoms with E-state index in [1.807, 2.05) is 4.98 Å². The SMILES string of the molecule is CCN(CC)CC.O=c1[nH]cc([C@@H]2O[C@H](COP(=O)(O)OP(=O)(O)OP(=O)(O)O)[C@@H](O)[C@H]2O)c(=O)[nH]1. The first-order valence-corrected chi connectivity index (χ1v) is 14.8. The monoisotopic (exact) mass is 585 g/mol. The summed E-state index contributed by atoms with van der Waals surface area (Å²) in [6.45, 7) is 9.08. The molecule has 0 saturated carbocycles. The molecule has 1 aromatic rings. The number of hydrogen-bond donors (Lipinski definition) is 8. The number of nitrogens with one attached hydrogen (secondary N) is 2. The van der Waals surface area contributed by atoms with E-state index in [9.17, 15) is 38.4 Å².